The van der Waals surface area contributed by atoms with Crippen molar-refractivity contribution in [2.45, 2.75) is 129 Å². The molecule has 0 amide bonds. The van der Waals surface area contributed by atoms with Gasteiger partial charge in [-0.3, -0.25) is 9.59 Å². The molecule has 5 nitrogen and oxygen atoms in total. The van der Waals surface area contributed by atoms with E-state index >= 15 is 0 Å². The Morgan fingerprint density at radius 1 is 0.741 bits per heavy atom. The van der Waals surface area contributed by atoms with Crippen LogP contribution in [0, 0.1) is 0 Å². The molecule has 0 fully saturated rings. The standard InChI is InChI=1S/C22H42O5/c1-3-5-7-8-9-10-11-12-14-15-19(23)17-22(26)27-20(18-21(24)25)16-13-6-4-2/h19-20,23H,3-18H2,1-2H3,(H,24,25). The van der Waals surface area contributed by atoms with Crippen LogP contribution in [-0.4, -0.2) is 34.4 Å². The second-order valence-corrected chi connectivity index (χ2v) is 7.68. The molecule has 0 saturated heterocycles. The van der Waals surface area contributed by atoms with Gasteiger partial charge in [-0.25, -0.2) is 0 Å². The van der Waals surface area contributed by atoms with Gasteiger partial charge in [0.1, 0.15) is 6.10 Å². The number of carbonyl (C=O) groups excluding carboxylic acids is 1. The highest BCUT2D eigenvalue weighted by atomic mass is 16.5. The first-order chi connectivity index (χ1) is 13.0. The van der Waals surface area contributed by atoms with Crippen molar-refractivity contribution in [3.05, 3.63) is 0 Å². The fourth-order valence-electron chi connectivity index (χ4n) is 3.24. The van der Waals surface area contributed by atoms with Crippen LogP contribution in [-0.2, 0) is 14.3 Å². The summed E-state index contributed by atoms with van der Waals surface area (Å²) in [4.78, 5) is 22.9. The number of hydrogen-bond acceptors (Lipinski definition) is 4. The van der Waals surface area contributed by atoms with Crippen LogP contribution in [0.5, 0.6) is 0 Å². The van der Waals surface area contributed by atoms with Gasteiger partial charge in [0.15, 0.2) is 0 Å². The molecule has 0 rings (SSSR count). The van der Waals surface area contributed by atoms with Crippen LogP contribution in [0.25, 0.3) is 0 Å². The molecule has 0 aliphatic carbocycles. The van der Waals surface area contributed by atoms with Crippen LogP contribution in [0.1, 0.15) is 117 Å². The molecule has 2 N–H and O–H groups in total. The predicted octanol–water partition coefficient (Wildman–Crippen LogP) is 5.63. The van der Waals surface area contributed by atoms with E-state index in [0.29, 0.717) is 12.8 Å². The molecule has 0 radical (unpaired) electrons. The number of aliphatic hydroxyl groups is 1. The monoisotopic (exact) mass is 386 g/mol. The van der Waals surface area contributed by atoms with Crippen molar-refractivity contribution >= 4 is 11.9 Å². The SMILES string of the molecule is CCCCCCCCCCCC(O)CC(=O)OC(CCCCC)CC(=O)O. The largest absolute Gasteiger partial charge is 0.481 e. The van der Waals surface area contributed by atoms with E-state index in [1.54, 1.807) is 0 Å². The average molecular weight is 387 g/mol. The van der Waals surface area contributed by atoms with Crippen LogP contribution in [0.15, 0.2) is 0 Å². The fourth-order valence-corrected chi connectivity index (χ4v) is 3.24. The maximum absolute atomic E-state index is 12.0. The summed E-state index contributed by atoms with van der Waals surface area (Å²) >= 11 is 0. The Kier molecular flexibility index (Phi) is 17.5. The van der Waals surface area contributed by atoms with E-state index in [9.17, 15) is 14.7 Å². The number of hydrogen-bond donors (Lipinski definition) is 2. The summed E-state index contributed by atoms with van der Waals surface area (Å²) in [6.45, 7) is 4.29. The minimum absolute atomic E-state index is 0.0408. The molecule has 27 heavy (non-hydrogen) atoms. The number of aliphatic carboxylic acids is 1. The summed E-state index contributed by atoms with van der Waals surface area (Å²) in [6, 6.07) is 0. The number of carboxylic acids is 1. The van der Waals surface area contributed by atoms with Crippen molar-refractivity contribution in [3.8, 4) is 0 Å². The van der Waals surface area contributed by atoms with Gasteiger partial charge in [0, 0.05) is 0 Å². The van der Waals surface area contributed by atoms with Gasteiger partial charge in [-0.2, -0.15) is 0 Å². The summed E-state index contributed by atoms with van der Waals surface area (Å²) in [7, 11) is 0. The third-order valence-corrected chi connectivity index (χ3v) is 4.87. The highest BCUT2D eigenvalue weighted by molar-refractivity contribution is 5.71. The lowest BCUT2D eigenvalue weighted by atomic mass is 10.0. The summed E-state index contributed by atoms with van der Waals surface area (Å²) in [6.07, 6.45) is 13.5. The minimum Gasteiger partial charge on any atom is -0.481 e. The van der Waals surface area contributed by atoms with E-state index in [2.05, 4.69) is 13.8 Å². The van der Waals surface area contributed by atoms with E-state index in [4.69, 9.17) is 9.84 Å². The van der Waals surface area contributed by atoms with Crippen molar-refractivity contribution in [3.63, 3.8) is 0 Å². The Morgan fingerprint density at radius 2 is 1.22 bits per heavy atom. The number of ether oxygens (including phenoxy) is 1. The van der Waals surface area contributed by atoms with E-state index in [0.717, 1.165) is 32.1 Å². The lowest BCUT2D eigenvalue weighted by molar-refractivity contribution is -0.155. The number of carboxylic acid groups (broad SMARTS) is 1. The smallest absolute Gasteiger partial charge is 0.308 e. The van der Waals surface area contributed by atoms with E-state index in [1.807, 2.05) is 0 Å². The number of aliphatic hydroxyl groups excluding tert-OH is 1. The van der Waals surface area contributed by atoms with Crippen molar-refractivity contribution in [2.24, 2.45) is 0 Å². The van der Waals surface area contributed by atoms with Gasteiger partial charge in [0.05, 0.1) is 18.9 Å². The molecule has 0 heterocycles. The van der Waals surface area contributed by atoms with Crippen LogP contribution >= 0.6 is 0 Å². The molecule has 0 aromatic rings. The zero-order valence-corrected chi connectivity index (χ0v) is 17.6. The van der Waals surface area contributed by atoms with Gasteiger partial charge in [-0.1, -0.05) is 84.5 Å². The maximum Gasteiger partial charge on any atom is 0.308 e. The van der Waals surface area contributed by atoms with Crippen LogP contribution < -0.4 is 0 Å². The summed E-state index contributed by atoms with van der Waals surface area (Å²) < 4.78 is 5.29. The number of rotatable bonds is 19. The van der Waals surface area contributed by atoms with Gasteiger partial charge in [-0.15, -0.1) is 0 Å². The second kappa shape index (κ2) is 18.3. The Balaban J connectivity index is 3.82. The second-order valence-electron chi connectivity index (χ2n) is 7.68. The first kappa shape index (κ1) is 25.9. The molecular weight excluding hydrogens is 344 g/mol. The summed E-state index contributed by atoms with van der Waals surface area (Å²) in [5, 5.41) is 19.0. The lowest BCUT2D eigenvalue weighted by Gasteiger charge is -2.17. The molecule has 5 heteroatoms. The highest BCUT2D eigenvalue weighted by Crippen LogP contribution is 2.15. The van der Waals surface area contributed by atoms with Crippen LogP contribution in [0.3, 0.4) is 0 Å². The molecule has 0 spiro atoms. The van der Waals surface area contributed by atoms with Gasteiger partial charge in [0.25, 0.3) is 0 Å². The minimum atomic E-state index is -0.959. The normalized spacial score (nSPS) is 13.3. The zero-order chi connectivity index (χ0) is 20.3. The average Bonchev–Trinajstić information content (AvgIpc) is 2.59. The predicted molar refractivity (Wildman–Crippen MR) is 109 cm³/mol. The molecular formula is C22H42O5. The Morgan fingerprint density at radius 3 is 1.78 bits per heavy atom. The third-order valence-electron chi connectivity index (χ3n) is 4.87. The number of carbonyl (C=O) groups is 2. The number of unbranched alkanes of at least 4 members (excludes halogenated alkanes) is 10. The summed E-state index contributed by atoms with van der Waals surface area (Å²) in [5.41, 5.74) is 0. The molecule has 0 saturated carbocycles. The fraction of sp³-hybridized carbons (Fsp3) is 0.909. The number of esters is 1. The molecule has 0 aromatic carbocycles. The van der Waals surface area contributed by atoms with Crippen molar-refractivity contribution in [2.75, 3.05) is 0 Å². The van der Waals surface area contributed by atoms with Gasteiger partial charge in [-0.05, 0) is 19.3 Å². The molecule has 0 aromatic heterocycles. The Labute approximate surface area is 165 Å². The maximum atomic E-state index is 12.0. The molecule has 2 atom stereocenters. The van der Waals surface area contributed by atoms with E-state index in [-0.39, 0.29) is 12.8 Å². The van der Waals surface area contributed by atoms with Crippen molar-refractivity contribution in [1.29, 1.82) is 0 Å². The van der Waals surface area contributed by atoms with E-state index in [1.165, 1.54) is 44.9 Å². The lowest BCUT2D eigenvalue weighted by Crippen LogP contribution is -2.24. The Hall–Kier alpha value is -1.10. The van der Waals surface area contributed by atoms with Crippen molar-refractivity contribution < 1.29 is 24.5 Å². The molecule has 0 aliphatic heterocycles. The quantitative estimate of drug-likeness (QED) is 0.222. The molecule has 160 valence electrons. The van der Waals surface area contributed by atoms with Crippen LogP contribution in [0.2, 0.25) is 0 Å². The third kappa shape index (κ3) is 18.0. The molecule has 2 unspecified atom stereocenters. The zero-order valence-electron chi connectivity index (χ0n) is 17.6. The first-order valence-electron chi connectivity index (χ1n) is 11.1. The van der Waals surface area contributed by atoms with Gasteiger partial charge in [0.2, 0.25) is 0 Å². The summed E-state index contributed by atoms with van der Waals surface area (Å²) in [5.74, 6) is -1.44. The first-order valence-corrected chi connectivity index (χ1v) is 11.1. The molecule has 0 bridgehead atoms. The molecule has 0 aliphatic rings. The van der Waals surface area contributed by atoms with Crippen LogP contribution in [0.4, 0.5) is 0 Å². The van der Waals surface area contributed by atoms with Gasteiger partial charge < -0.3 is 14.9 Å². The highest BCUT2D eigenvalue weighted by Gasteiger charge is 2.19. The van der Waals surface area contributed by atoms with Gasteiger partial charge >= 0.3 is 11.9 Å². The van der Waals surface area contributed by atoms with Crippen molar-refractivity contribution in [1.82, 2.24) is 0 Å². The topological polar surface area (TPSA) is 83.8 Å². The Bertz CT molecular complexity index is 370. The van der Waals surface area contributed by atoms with E-state index < -0.39 is 24.1 Å².